The monoisotopic (exact) mass is 535 g/mol. The molecule has 0 saturated heterocycles. The van der Waals surface area contributed by atoms with Crippen molar-refractivity contribution in [2.45, 2.75) is 46.5 Å². The molecule has 0 unspecified atom stereocenters. The first-order chi connectivity index (χ1) is 19.9. The molecule has 41 heavy (non-hydrogen) atoms. The van der Waals surface area contributed by atoms with Gasteiger partial charge >= 0.3 is 0 Å². The summed E-state index contributed by atoms with van der Waals surface area (Å²) in [7, 11) is 0. The van der Waals surface area contributed by atoms with E-state index in [0.29, 0.717) is 11.8 Å². The molecule has 0 atom stereocenters. The van der Waals surface area contributed by atoms with Gasteiger partial charge in [0.15, 0.2) is 5.58 Å². The summed E-state index contributed by atoms with van der Waals surface area (Å²) < 4.78 is 8.87. The molecule has 4 aromatic carbocycles. The average Bonchev–Trinajstić information content (AvgIpc) is 3.55. The predicted octanol–water partition coefficient (Wildman–Crippen LogP) is 10.2. The zero-order valence-electron chi connectivity index (χ0n) is 24.1. The van der Waals surface area contributed by atoms with Crippen LogP contribution in [0.2, 0.25) is 0 Å². The van der Waals surface area contributed by atoms with Gasteiger partial charge in [-0.15, -0.1) is 0 Å². The fraction of sp³-hybridized carbons (Fsp3) is 0.189. The van der Waals surface area contributed by atoms with Crippen molar-refractivity contribution >= 4 is 33.1 Å². The Morgan fingerprint density at radius 2 is 1.39 bits per heavy atom. The highest BCUT2D eigenvalue weighted by Gasteiger charge is 2.25. The van der Waals surface area contributed by atoms with E-state index in [4.69, 9.17) is 14.4 Å². The summed E-state index contributed by atoms with van der Waals surface area (Å²) in [5.41, 5.74) is 12.8. The second-order valence-corrected chi connectivity index (χ2v) is 11.5. The van der Waals surface area contributed by atoms with Gasteiger partial charge in [0.2, 0.25) is 0 Å². The van der Waals surface area contributed by atoms with E-state index in [1.54, 1.807) is 0 Å². The van der Waals surface area contributed by atoms with Gasteiger partial charge in [0, 0.05) is 11.1 Å². The third-order valence-electron chi connectivity index (χ3n) is 8.02. The van der Waals surface area contributed by atoms with Gasteiger partial charge < -0.3 is 4.42 Å². The second-order valence-electron chi connectivity index (χ2n) is 11.5. The Kier molecular flexibility index (Phi) is 6.01. The van der Waals surface area contributed by atoms with Crippen molar-refractivity contribution in [1.29, 1.82) is 0 Å². The van der Waals surface area contributed by atoms with E-state index in [-0.39, 0.29) is 0 Å². The van der Waals surface area contributed by atoms with E-state index < -0.39 is 0 Å². The summed E-state index contributed by atoms with van der Waals surface area (Å²) in [6, 6.07) is 34.2. The summed E-state index contributed by atoms with van der Waals surface area (Å²) in [5, 5.41) is 1.01. The van der Waals surface area contributed by atoms with Crippen LogP contribution in [0.1, 0.15) is 56.4 Å². The minimum Gasteiger partial charge on any atom is -0.454 e. The Morgan fingerprint density at radius 1 is 0.683 bits per heavy atom. The van der Waals surface area contributed by atoms with Crippen LogP contribution in [0.4, 0.5) is 0 Å². The van der Waals surface area contributed by atoms with Crippen LogP contribution >= 0.6 is 0 Å². The molecule has 0 saturated carbocycles. The SMILES string of the molecule is Cc1ccc2oc3c(-c4nc5ccccc5n4-c4c(C(C)C)cc(-c5ccccc5)cc4C(C)C)cccc3c2n1. The van der Waals surface area contributed by atoms with Gasteiger partial charge in [0.05, 0.1) is 22.3 Å². The number of para-hydroxylation sites is 3. The van der Waals surface area contributed by atoms with Gasteiger partial charge in [-0.25, -0.2) is 9.97 Å². The predicted molar refractivity (Wildman–Crippen MR) is 170 cm³/mol. The maximum Gasteiger partial charge on any atom is 0.153 e. The first-order valence-corrected chi connectivity index (χ1v) is 14.4. The van der Waals surface area contributed by atoms with Gasteiger partial charge in [-0.2, -0.15) is 0 Å². The highest BCUT2D eigenvalue weighted by atomic mass is 16.3. The maximum absolute atomic E-state index is 6.50. The minimum atomic E-state index is 0.300. The highest BCUT2D eigenvalue weighted by Crippen LogP contribution is 2.42. The van der Waals surface area contributed by atoms with Crippen LogP contribution in [0.3, 0.4) is 0 Å². The molecular formula is C37H33N3O. The van der Waals surface area contributed by atoms with Gasteiger partial charge in [-0.3, -0.25) is 4.57 Å². The van der Waals surface area contributed by atoms with Crippen molar-refractivity contribution < 1.29 is 4.42 Å². The Labute approximate surface area is 240 Å². The molecule has 0 N–H and O–H groups in total. The molecular weight excluding hydrogens is 502 g/mol. The molecule has 7 rings (SSSR count). The standard InChI is InChI=1S/C37H33N3O/c1-22(2)29-20-26(25-12-7-6-8-13-25)21-30(23(3)4)35(29)40-32-17-10-9-16-31(32)39-37(40)28-15-11-14-27-34-33(41-36(27)28)19-18-24(5)38-34/h6-23H,1-5H3. The van der Waals surface area contributed by atoms with Crippen LogP contribution < -0.4 is 0 Å². The zero-order chi connectivity index (χ0) is 28.2. The third-order valence-corrected chi connectivity index (χ3v) is 8.02. The third kappa shape index (κ3) is 4.13. The fourth-order valence-corrected chi connectivity index (χ4v) is 5.99. The normalized spacial score (nSPS) is 12.0. The van der Waals surface area contributed by atoms with Crippen LogP contribution in [0.5, 0.6) is 0 Å². The molecule has 0 aliphatic carbocycles. The van der Waals surface area contributed by atoms with E-state index >= 15 is 0 Å². The van der Waals surface area contributed by atoms with Crippen molar-refractivity contribution in [2.24, 2.45) is 0 Å². The van der Waals surface area contributed by atoms with E-state index in [9.17, 15) is 0 Å². The first-order valence-electron chi connectivity index (χ1n) is 14.4. The number of aryl methyl sites for hydroxylation is 1. The smallest absolute Gasteiger partial charge is 0.153 e. The molecule has 0 aliphatic rings. The van der Waals surface area contributed by atoms with E-state index in [1.165, 1.54) is 27.9 Å². The van der Waals surface area contributed by atoms with Gasteiger partial charge in [-0.1, -0.05) is 76.2 Å². The number of hydrogen-bond donors (Lipinski definition) is 0. The lowest BCUT2D eigenvalue weighted by Gasteiger charge is -2.24. The topological polar surface area (TPSA) is 43.9 Å². The molecule has 0 aliphatic heterocycles. The molecule has 0 bridgehead atoms. The number of rotatable bonds is 5. The second kappa shape index (κ2) is 9.74. The van der Waals surface area contributed by atoms with Crippen molar-refractivity contribution in [1.82, 2.24) is 14.5 Å². The lowest BCUT2D eigenvalue weighted by Crippen LogP contribution is -2.09. The van der Waals surface area contributed by atoms with Crippen molar-refractivity contribution in [2.75, 3.05) is 0 Å². The number of nitrogens with zero attached hydrogens (tertiary/aromatic N) is 3. The highest BCUT2D eigenvalue weighted by molar-refractivity contribution is 6.07. The lowest BCUT2D eigenvalue weighted by atomic mass is 9.88. The summed E-state index contributed by atoms with van der Waals surface area (Å²) in [6.45, 7) is 11.1. The average molecular weight is 536 g/mol. The van der Waals surface area contributed by atoms with Crippen LogP contribution in [0, 0.1) is 6.92 Å². The molecule has 0 radical (unpaired) electrons. The molecule has 0 fully saturated rings. The van der Waals surface area contributed by atoms with Crippen LogP contribution in [0.25, 0.3) is 61.3 Å². The molecule has 0 amide bonds. The number of furan rings is 1. The minimum absolute atomic E-state index is 0.300. The number of pyridine rings is 1. The largest absolute Gasteiger partial charge is 0.454 e. The Bertz CT molecular complexity index is 2030. The fourth-order valence-electron chi connectivity index (χ4n) is 5.99. The van der Waals surface area contributed by atoms with Crippen molar-refractivity contribution in [3.8, 4) is 28.2 Å². The summed E-state index contributed by atoms with van der Waals surface area (Å²) in [6.07, 6.45) is 0. The molecule has 3 aromatic heterocycles. The summed E-state index contributed by atoms with van der Waals surface area (Å²) in [5.74, 6) is 1.48. The van der Waals surface area contributed by atoms with Crippen molar-refractivity contribution in [3.63, 3.8) is 0 Å². The number of hydrogen-bond acceptors (Lipinski definition) is 3. The quantitative estimate of drug-likeness (QED) is 0.220. The number of benzene rings is 4. The van der Waals surface area contributed by atoms with E-state index in [2.05, 4.69) is 117 Å². The molecule has 3 heterocycles. The van der Waals surface area contributed by atoms with Gasteiger partial charge in [0.25, 0.3) is 0 Å². The molecule has 4 nitrogen and oxygen atoms in total. The summed E-state index contributed by atoms with van der Waals surface area (Å²) in [4.78, 5) is 10.1. The van der Waals surface area contributed by atoms with Crippen LogP contribution in [0.15, 0.2) is 101 Å². The molecule has 7 aromatic rings. The summed E-state index contributed by atoms with van der Waals surface area (Å²) >= 11 is 0. The first kappa shape index (κ1) is 25.3. The van der Waals surface area contributed by atoms with Gasteiger partial charge in [0.1, 0.15) is 16.9 Å². The Hall–Kier alpha value is -4.70. The molecule has 4 heteroatoms. The Morgan fingerprint density at radius 3 is 2.12 bits per heavy atom. The number of aromatic nitrogens is 3. The zero-order valence-corrected chi connectivity index (χ0v) is 24.1. The maximum atomic E-state index is 6.50. The van der Waals surface area contributed by atoms with Crippen LogP contribution in [-0.2, 0) is 0 Å². The van der Waals surface area contributed by atoms with Crippen LogP contribution in [-0.4, -0.2) is 14.5 Å². The van der Waals surface area contributed by atoms with E-state index in [0.717, 1.165) is 50.2 Å². The van der Waals surface area contributed by atoms with E-state index in [1.807, 2.05) is 19.1 Å². The Balaban J connectivity index is 1.59. The number of imidazole rings is 1. The lowest BCUT2D eigenvalue weighted by molar-refractivity contribution is 0.668. The molecule has 0 spiro atoms. The number of fused-ring (bicyclic) bond motifs is 4. The molecule has 202 valence electrons. The van der Waals surface area contributed by atoms with Gasteiger partial charge in [-0.05, 0) is 89.5 Å². The van der Waals surface area contributed by atoms with Crippen molar-refractivity contribution in [3.05, 3.63) is 114 Å².